The van der Waals surface area contributed by atoms with Crippen molar-refractivity contribution in [3.05, 3.63) is 29.8 Å². The Bertz CT molecular complexity index is 655. The molecule has 2 saturated heterocycles. The van der Waals surface area contributed by atoms with Gasteiger partial charge in [-0.1, -0.05) is 32.9 Å². The van der Waals surface area contributed by atoms with Crippen LogP contribution in [0.1, 0.15) is 39.2 Å². The highest BCUT2D eigenvalue weighted by atomic mass is 32.2. The Morgan fingerprint density at radius 1 is 1.07 bits per heavy atom. The molecule has 2 amide bonds. The highest BCUT2D eigenvalue weighted by Gasteiger charge is 2.31. The monoisotopic (exact) mass is 390 g/mol. The van der Waals surface area contributed by atoms with Crippen LogP contribution in [-0.4, -0.2) is 66.3 Å². The standard InChI is InChI=1S/C21H30N2O3S/c1-21(2,3)16-6-8-17(9-7-16)27-15-19(24)22-10-12-23(13-11-22)20(25)18-5-4-14-26-18/h6-9,18H,4-5,10-15H2,1-3H3. The first-order chi connectivity index (χ1) is 12.8. The maximum absolute atomic E-state index is 12.5. The van der Waals surface area contributed by atoms with Gasteiger partial charge in [0.1, 0.15) is 6.10 Å². The predicted octanol–water partition coefficient (Wildman–Crippen LogP) is 2.93. The van der Waals surface area contributed by atoms with Crippen molar-refractivity contribution in [1.29, 1.82) is 0 Å². The van der Waals surface area contributed by atoms with E-state index < -0.39 is 0 Å². The van der Waals surface area contributed by atoms with Crippen LogP contribution in [-0.2, 0) is 19.7 Å². The smallest absolute Gasteiger partial charge is 0.251 e. The number of hydrogen-bond donors (Lipinski definition) is 0. The van der Waals surface area contributed by atoms with Gasteiger partial charge in [-0.25, -0.2) is 0 Å². The molecule has 2 heterocycles. The van der Waals surface area contributed by atoms with Crippen LogP contribution in [0.4, 0.5) is 0 Å². The predicted molar refractivity (Wildman–Crippen MR) is 108 cm³/mol. The van der Waals surface area contributed by atoms with E-state index in [-0.39, 0.29) is 23.3 Å². The molecule has 2 fully saturated rings. The average Bonchev–Trinajstić information content (AvgIpc) is 3.20. The van der Waals surface area contributed by atoms with Gasteiger partial charge in [0.15, 0.2) is 0 Å². The number of piperazine rings is 1. The molecule has 0 saturated carbocycles. The molecule has 1 atom stereocenters. The Labute approximate surface area is 166 Å². The third-order valence-electron chi connectivity index (χ3n) is 5.23. The summed E-state index contributed by atoms with van der Waals surface area (Å²) in [4.78, 5) is 29.7. The van der Waals surface area contributed by atoms with Gasteiger partial charge in [0.05, 0.1) is 5.75 Å². The first kappa shape index (κ1) is 20.2. The quantitative estimate of drug-likeness (QED) is 0.742. The molecule has 2 aliphatic rings. The van der Waals surface area contributed by atoms with Crippen LogP contribution in [0, 0.1) is 0 Å². The van der Waals surface area contributed by atoms with Crippen LogP contribution in [0.15, 0.2) is 29.2 Å². The van der Waals surface area contributed by atoms with Crippen LogP contribution in [0.5, 0.6) is 0 Å². The molecule has 0 aliphatic carbocycles. The number of amides is 2. The van der Waals surface area contributed by atoms with E-state index in [2.05, 4.69) is 45.0 Å². The van der Waals surface area contributed by atoms with Crippen molar-refractivity contribution in [3.8, 4) is 0 Å². The number of nitrogens with zero attached hydrogens (tertiary/aromatic N) is 2. The fraction of sp³-hybridized carbons (Fsp3) is 0.619. The van der Waals surface area contributed by atoms with Gasteiger partial charge in [-0.15, -0.1) is 11.8 Å². The molecule has 0 bridgehead atoms. The fourth-order valence-electron chi connectivity index (χ4n) is 3.44. The molecule has 148 valence electrons. The lowest BCUT2D eigenvalue weighted by atomic mass is 9.87. The Morgan fingerprint density at radius 2 is 1.70 bits per heavy atom. The number of carbonyl (C=O) groups excluding carboxylic acids is 2. The lowest BCUT2D eigenvalue weighted by Gasteiger charge is -2.35. The molecule has 0 aromatic heterocycles. The molecule has 6 heteroatoms. The van der Waals surface area contributed by atoms with Crippen LogP contribution >= 0.6 is 11.8 Å². The average molecular weight is 391 g/mol. The minimum absolute atomic E-state index is 0.0907. The maximum atomic E-state index is 12.5. The summed E-state index contributed by atoms with van der Waals surface area (Å²) in [5, 5.41) is 0. The van der Waals surface area contributed by atoms with E-state index in [1.165, 1.54) is 5.56 Å². The Hall–Kier alpha value is -1.53. The molecule has 0 radical (unpaired) electrons. The summed E-state index contributed by atoms with van der Waals surface area (Å²) in [7, 11) is 0. The van der Waals surface area contributed by atoms with Gasteiger partial charge in [0.25, 0.3) is 5.91 Å². The molecule has 5 nitrogen and oxygen atoms in total. The third-order valence-corrected chi connectivity index (χ3v) is 6.23. The summed E-state index contributed by atoms with van der Waals surface area (Å²) in [6.45, 7) is 9.71. The van der Waals surface area contributed by atoms with E-state index in [1.54, 1.807) is 11.8 Å². The fourth-order valence-corrected chi connectivity index (χ4v) is 4.24. The first-order valence-corrected chi connectivity index (χ1v) is 10.7. The Balaban J connectivity index is 1.43. The van der Waals surface area contributed by atoms with Crippen LogP contribution in [0.2, 0.25) is 0 Å². The maximum Gasteiger partial charge on any atom is 0.251 e. The van der Waals surface area contributed by atoms with Gasteiger partial charge in [-0.3, -0.25) is 9.59 Å². The van der Waals surface area contributed by atoms with E-state index >= 15 is 0 Å². The zero-order valence-corrected chi connectivity index (χ0v) is 17.4. The zero-order chi connectivity index (χ0) is 19.4. The van der Waals surface area contributed by atoms with E-state index in [9.17, 15) is 9.59 Å². The second-order valence-electron chi connectivity index (χ2n) is 8.27. The number of rotatable bonds is 4. The van der Waals surface area contributed by atoms with Crippen LogP contribution < -0.4 is 0 Å². The summed E-state index contributed by atoms with van der Waals surface area (Å²) in [6, 6.07) is 8.47. The number of benzene rings is 1. The molecular formula is C21H30N2O3S. The van der Waals surface area contributed by atoms with Gasteiger partial charge < -0.3 is 14.5 Å². The molecule has 1 aromatic carbocycles. The summed E-state index contributed by atoms with van der Waals surface area (Å²) in [5.41, 5.74) is 1.44. The second-order valence-corrected chi connectivity index (χ2v) is 9.32. The molecule has 0 spiro atoms. The molecule has 2 aliphatic heterocycles. The van der Waals surface area contributed by atoms with E-state index in [0.717, 1.165) is 17.7 Å². The van der Waals surface area contributed by atoms with Gasteiger partial charge in [-0.2, -0.15) is 0 Å². The molecule has 3 rings (SSSR count). The minimum Gasteiger partial charge on any atom is -0.368 e. The van der Waals surface area contributed by atoms with Crippen LogP contribution in [0.3, 0.4) is 0 Å². The number of carbonyl (C=O) groups is 2. The minimum atomic E-state index is -0.265. The lowest BCUT2D eigenvalue weighted by molar-refractivity contribution is -0.145. The van der Waals surface area contributed by atoms with Crippen molar-refractivity contribution in [3.63, 3.8) is 0 Å². The largest absolute Gasteiger partial charge is 0.368 e. The van der Waals surface area contributed by atoms with Crippen LogP contribution in [0.25, 0.3) is 0 Å². The van der Waals surface area contributed by atoms with Gasteiger partial charge in [0, 0.05) is 37.7 Å². The highest BCUT2D eigenvalue weighted by Crippen LogP contribution is 2.26. The van der Waals surface area contributed by atoms with Crippen molar-refractivity contribution in [2.45, 2.75) is 50.0 Å². The third kappa shape index (κ3) is 5.26. The van der Waals surface area contributed by atoms with Gasteiger partial charge in [0.2, 0.25) is 5.91 Å². The Morgan fingerprint density at radius 3 is 2.26 bits per heavy atom. The lowest BCUT2D eigenvalue weighted by Crippen LogP contribution is -2.53. The van der Waals surface area contributed by atoms with Crippen molar-refractivity contribution in [1.82, 2.24) is 9.80 Å². The highest BCUT2D eigenvalue weighted by molar-refractivity contribution is 8.00. The topological polar surface area (TPSA) is 49.9 Å². The second kappa shape index (κ2) is 8.65. The summed E-state index contributed by atoms with van der Waals surface area (Å²) >= 11 is 1.58. The SMILES string of the molecule is CC(C)(C)c1ccc(SCC(=O)N2CCN(C(=O)C3CCCO3)CC2)cc1. The van der Waals surface area contributed by atoms with E-state index in [1.807, 2.05) is 9.80 Å². The number of ether oxygens (including phenoxy) is 1. The van der Waals surface area contributed by atoms with Crippen molar-refractivity contribution in [2.75, 3.05) is 38.5 Å². The summed E-state index contributed by atoms with van der Waals surface area (Å²) < 4.78 is 5.48. The Kier molecular flexibility index (Phi) is 6.48. The van der Waals surface area contributed by atoms with E-state index in [4.69, 9.17) is 4.74 Å². The van der Waals surface area contributed by atoms with E-state index in [0.29, 0.717) is 38.5 Å². The van der Waals surface area contributed by atoms with Gasteiger partial charge in [-0.05, 0) is 36.0 Å². The summed E-state index contributed by atoms with van der Waals surface area (Å²) in [6.07, 6.45) is 1.52. The van der Waals surface area contributed by atoms with Crippen molar-refractivity contribution >= 4 is 23.6 Å². The molecular weight excluding hydrogens is 360 g/mol. The molecule has 27 heavy (non-hydrogen) atoms. The summed E-state index contributed by atoms with van der Waals surface area (Å²) in [5.74, 6) is 0.672. The van der Waals surface area contributed by atoms with Gasteiger partial charge >= 0.3 is 0 Å². The molecule has 0 N–H and O–H groups in total. The zero-order valence-electron chi connectivity index (χ0n) is 16.6. The molecule has 1 aromatic rings. The van der Waals surface area contributed by atoms with Crippen molar-refractivity contribution < 1.29 is 14.3 Å². The normalized spacial score (nSPS) is 20.8. The van der Waals surface area contributed by atoms with Crippen molar-refractivity contribution in [2.24, 2.45) is 0 Å². The first-order valence-electron chi connectivity index (χ1n) is 9.76. The number of hydrogen-bond acceptors (Lipinski definition) is 4. The number of thioether (sulfide) groups is 1. The molecule has 1 unspecified atom stereocenters.